The number of aromatic nitrogens is 3. The fraction of sp³-hybridized carbons (Fsp3) is 0.455. The van der Waals surface area contributed by atoms with Crippen molar-refractivity contribution in [1.29, 1.82) is 0 Å². The maximum absolute atomic E-state index is 11.8. The number of fused-ring (bicyclic) bond motifs is 2. The van der Waals surface area contributed by atoms with Crippen LogP contribution in [0.1, 0.15) is 48.3 Å². The Balaban J connectivity index is 1.88. The summed E-state index contributed by atoms with van der Waals surface area (Å²) in [4.78, 5) is 9.00. The number of benzene rings is 1. The van der Waals surface area contributed by atoms with Gasteiger partial charge in [0.2, 0.25) is 21.9 Å². The van der Waals surface area contributed by atoms with E-state index in [0.29, 0.717) is 11.4 Å². The first-order valence-electron chi connectivity index (χ1n) is 10.4. The van der Waals surface area contributed by atoms with Crippen molar-refractivity contribution in [2.75, 3.05) is 18.1 Å². The quantitative estimate of drug-likeness (QED) is 0.594. The van der Waals surface area contributed by atoms with E-state index in [1.165, 1.54) is 5.56 Å². The van der Waals surface area contributed by atoms with E-state index in [1.807, 2.05) is 26.0 Å². The highest BCUT2D eigenvalue weighted by Gasteiger charge is 2.30. The fourth-order valence-corrected chi connectivity index (χ4v) is 4.73. The molecule has 0 aliphatic heterocycles. The van der Waals surface area contributed by atoms with Crippen molar-refractivity contribution in [2.24, 2.45) is 0 Å². The van der Waals surface area contributed by atoms with Crippen LogP contribution >= 0.6 is 0 Å². The molecule has 0 fully saturated rings. The zero-order valence-corrected chi connectivity index (χ0v) is 19.3. The average molecular weight is 445 g/mol. The Bertz CT molecular complexity index is 1250. The van der Waals surface area contributed by atoms with Crippen LogP contribution in [0.25, 0.3) is 11.0 Å². The molecule has 1 atom stereocenters. The molecule has 1 unspecified atom stereocenters. The van der Waals surface area contributed by atoms with Crippen LogP contribution in [-0.4, -0.2) is 36.3 Å². The van der Waals surface area contributed by atoms with Crippen LogP contribution in [0.2, 0.25) is 0 Å². The van der Waals surface area contributed by atoms with Crippen LogP contribution in [0, 0.1) is 13.8 Å². The Morgan fingerprint density at radius 2 is 2.03 bits per heavy atom. The number of aryl methyl sites for hydroxylation is 3. The maximum Gasteiger partial charge on any atom is 0.244 e. The number of ether oxygens (including phenoxy) is 2. The molecule has 31 heavy (non-hydrogen) atoms. The first kappa shape index (κ1) is 21.4. The van der Waals surface area contributed by atoms with Gasteiger partial charge in [0.05, 0.1) is 13.4 Å². The van der Waals surface area contributed by atoms with E-state index in [4.69, 9.17) is 9.47 Å². The van der Waals surface area contributed by atoms with Crippen molar-refractivity contribution in [3.05, 3.63) is 40.6 Å². The summed E-state index contributed by atoms with van der Waals surface area (Å²) in [5.74, 6) is 1.18. The van der Waals surface area contributed by atoms with Crippen molar-refractivity contribution in [3.8, 4) is 11.6 Å². The number of nitrogens with zero attached hydrogens (tertiary/aromatic N) is 3. The highest BCUT2D eigenvalue weighted by Crippen LogP contribution is 2.42. The molecule has 2 heterocycles. The molecule has 2 aromatic heterocycles. The van der Waals surface area contributed by atoms with Gasteiger partial charge in [-0.2, -0.15) is 4.98 Å². The van der Waals surface area contributed by atoms with Gasteiger partial charge in [-0.1, -0.05) is 19.1 Å². The molecule has 9 heteroatoms. The Morgan fingerprint density at radius 1 is 1.26 bits per heavy atom. The second-order valence-electron chi connectivity index (χ2n) is 7.96. The highest BCUT2D eigenvalue weighted by molar-refractivity contribution is 7.91. The summed E-state index contributed by atoms with van der Waals surface area (Å²) in [7, 11) is -1.88. The summed E-state index contributed by atoms with van der Waals surface area (Å²) in [6, 6.07) is 6.00. The fourth-order valence-electron chi connectivity index (χ4n) is 4.31. The molecule has 0 bridgehead atoms. The van der Waals surface area contributed by atoms with Crippen LogP contribution in [0.15, 0.2) is 18.2 Å². The van der Waals surface area contributed by atoms with Gasteiger partial charge in [-0.15, -0.1) is 0 Å². The molecule has 0 spiro atoms. The Labute approximate surface area is 182 Å². The lowest BCUT2D eigenvalue weighted by Crippen LogP contribution is -2.14. The van der Waals surface area contributed by atoms with Gasteiger partial charge in [-0.25, -0.2) is 13.4 Å². The first-order valence-corrected chi connectivity index (χ1v) is 12.3. The number of hydrogen-bond acceptors (Lipinski definition) is 6. The molecule has 0 saturated carbocycles. The van der Waals surface area contributed by atoms with Crippen LogP contribution < -0.4 is 14.2 Å². The van der Waals surface area contributed by atoms with Crippen LogP contribution in [0.4, 0.5) is 5.95 Å². The van der Waals surface area contributed by atoms with E-state index in [9.17, 15) is 8.42 Å². The standard InChI is InChI=1S/C22H28N4O4S/c1-6-12-26-14(3)13(2)19-20(26)21(24-22(23-19)25-31(5,27)28)30-17-11-10-15-8-7-9-16(29-4)18(15)17/h7-9,17H,6,10-12H2,1-5H3,(H,23,24,25). The summed E-state index contributed by atoms with van der Waals surface area (Å²) >= 11 is 0. The maximum atomic E-state index is 11.8. The van der Waals surface area contributed by atoms with Crippen molar-refractivity contribution in [2.45, 2.75) is 52.7 Å². The molecule has 1 aromatic carbocycles. The molecule has 4 rings (SSSR count). The smallest absolute Gasteiger partial charge is 0.244 e. The zero-order valence-electron chi connectivity index (χ0n) is 18.5. The first-order chi connectivity index (χ1) is 14.7. The predicted octanol–water partition coefficient (Wildman–Crippen LogP) is 3.90. The number of rotatable bonds is 7. The molecule has 3 aromatic rings. The van der Waals surface area contributed by atoms with Gasteiger partial charge < -0.3 is 14.0 Å². The van der Waals surface area contributed by atoms with Crippen molar-refractivity contribution < 1.29 is 17.9 Å². The summed E-state index contributed by atoms with van der Waals surface area (Å²) < 4.78 is 40.3. The zero-order chi connectivity index (χ0) is 22.3. The van der Waals surface area contributed by atoms with Gasteiger partial charge in [0.1, 0.15) is 22.9 Å². The van der Waals surface area contributed by atoms with E-state index in [0.717, 1.165) is 60.2 Å². The van der Waals surface area contributed by atoms with Gasteiger partial charge in [0.25, 0.3) is 0 Å². The van der Waals surface area contributed by atoms with E-state index < -0.39 is 10.0 Å². The SMILES string of the molecule is CCCn1c(C)c(C)c2nc(NS(C)(=O)=O)nc(OC3CCc4cccc(OC)c43)c21. The van der Waals surface area contributed by atoms with Gasteiger partial charge in [-0.3, -0.25) is 4.72 Å². The summed E-state index contributed by atoms with van der Waals surface area (Å²) in [6.07, 6.45) is 3.46. The van der Waals surface area contributed by atoms with E-state index in [-0.39, 0.29) is 12.1 Å². The van der Waals surface area contributed by atoms with Gasteiger partial charge in [0.15, 0.2) is 0 Å². The summed E-state index contributed by atoms with van der Waals surface area (Å²) in [5, 5.41) is 0. The minimum atomic E-state index is -3.53. The second kappa shape index (κ2) is 8.03. The molecule has 1 aliphatic carbocycles. The molecular formula is C22H28N4O4S. The summed E-state index contributed by atoms with van der Waals surface area (Å²) in [5.41, 5.74) is 5.75. The van der Waals surface area contributed by atoms with Crippen molar-refractivity contribution in [1.82, 2.24) is 14.5 Å². The monoisotopic (exact) mass is 444 g/mol. The molecule has 8 nitrogen and oxygen atoms in total. The highest BCUT2D eigenvalue weighted by atomic mass is 32.2. The lowest BCUT2D eigenvalue weighted by molar-refractivity contribution is 0.197. The summed E-state index contributed by atoms with van der Waals surface area (Å²) in [6.45, 7) is 6.92. The minimum Gasteiger partial charge on any atom is -0.496 e. The molecule has 1 aliphatic rings. The lowest BCUT2D eigenvalue weighted by Gasteiger charge is -2.19. The van der Waals surface area contributed by atoms with Crippen molar-refractivity contribution >= 4 is 27.0 Å². The lowest BCUT2D eigenvalue weighted by atomic mass is 10.1. The Kier molecular flexibility index (Phi) is 5.55. The third kappa shape index (κ3) is 3.94. The normalized spacial score (nSPS) is 15.8. The van der Waals surface area contributed by atoms with Crippen LogP contribution in [-0.2, 0) is 23.0 Å². The van der Waals surface area contributed by atoms with Crippen LogP contribution in [0.5, 0.6) is 11.6 Å². The second-order valence-corrected chi connectivity index (χ2v) is 9.71. The van der Waals surface area contributed by atoms with Gasteiger partial charge >= 0.3 is 0 Å². The third-order valence-electron chi connectivity index (χ3n) is 5.78. The minimum absolute atomic E-state index is 0.0139. The Morgan fingerprint density at radius 3 is 2.71 bits per heavy atom. The molecule has 0 radical (unpaired) electrons. The molecule has 166 valence electrons. The van der Waals surface area contributed by atoms with Gasteiger partial charge in [-0.05, 0) is 50.3 Å². The topological polar surface area (TPSA) is 95.3 Å². The molecule has 1 N–H and O–H groups in total. The molecular weight excluding hydrogens is 416 g/mol. The third-order valence-corrected chi connectivity index (χ3v) is 6.33. The van der Waals surface area contributed by atoms with Crippen molar-refractivity contribution in [3.63, 3.8) is 0 Å². The number of anilines is 1. The van der Waals surface area contributed by atoms with Crippen LogP contribution in [0.3, 0.4) is 0 Å². The molecule has 0 saturated heterocycles. The largest absolute Gasteiger partial charge is 0.496 e. The predicted molar refractivity (Wildman–Crippen MR) is 120 cm³/mol. The molecule has 0 amide bonds. The van der Waals surface area contributed by atoms with E-state index in [1.54, 1.807) is 7.11 Å². The Hall–Kier alpha value is -2.81. The van der Waals surface area contributed by atoms with Gasteiger partial charge in [0, 0.05) is 17.8 Å². The van der Waals surface area contributed by atoms with E-state index >= 15 is 0 Å². The number of nitrogens with one attached hydrogen (secondary N) is 1. The average Bonchev–Trinajstić information content (AvgIpc) is 3.22. The number of hydrogen-bond donors (Lipinski definition) is 1. The number of methoxy groups -OCH3 is 1. The van der Waals surface area contributed by atoms with E-state index in [2.05, 4.69) is 32.2 Å². The number of sulfonamides is 1.